The third-order valence-electron chi connectivity index (χ3n) is 4.99. The van der Waals surface area contributed by atoms with Crippen LogP contribution in [0.4, 0.5) is 0 Å². The summed E-state index contributed by atoms with van der Waals surface area (Å²) in [6.45, 7) is 0.490. The molecule has 3 aromatic carbocycles. The van der Waals surface area contributed by atoms with Crippen molar-refractivity contribution in [3.05, 3.63) is 95.6 Å². The van der Waals surface area contributed by atoms with Crippen LogP contribution in [0.25, 0.3) is 11.1 Å². The molecule has 0 spiro atoms. The first-order chi connectivity index (χ1) is 15.5. The van der Waals surface area contributed by atoms with Crippen LogP contribution in [0.3, 0.4) is 0 Å². The van der Waals surface area contributed by atoms with Gasteiger partial charge in [0.1, 0.15) is 6.04 Å². The number of carbonyl (C=O) groups is 2. The number of rotatable bonds is 7. The predicted molar refractivity (Wildman–Crippen MR) is 125 cm³/mol. The van der Waals surface area contributed by atoms with E-state index in [-0.39, 0.29) is 12.3 Å². The molecule has 0 bridgehead atoms. The van der Waals surface area contributed by atoms with Gasteiger partial charge in [-0.2, -0.15) is 0 Å². The summed E-state index contributed by atoms with van der Waals surface area (Å²) in [6.07, 6.45) is 0.196. The molecule has 1 atom stereocenters. The minimum atomic E-state index is -1.06. The molecule has 0 aliphatic carbocycles. The number of carboxylic acid groups (broad SMARTS) is 1. The van der Waals surface area contributed by atoms with E-state index in [2.05, 4.69) is 33.8 Å². The summed E-state index contributed by atoms with van der Waals surface area (Å²) in [6, 6.07) is 23.9. The summed E-state index contributed by atoms with van der Waals surface area (Å²) in [5.74, 6) is -1.02. The molecular weight excluding hydrogens is 404 g/mol. The molecule has 164 valence electrons. The molecule has 0 aromatic heterocycles. The van der Waals surface area contributed by atoms with E-state index < -0.39 is 12.0 Å². The molecule has 5 N–H and O–H groups in total. The molecule has 3 rings (SSSR count). The minimum absolute atomic E-state index is 0.196. The van der Waals surface area contributed by atoms with Crippen LogP contribution in [-0.4, -0.2) is 36.0 Å². The largest absolute Gasteiger partial charge is 0.480 e. The summed E-state index contributed by atoms with van der Waals surface area (Å²) < 4.78 is 0. The smallest absolute Gasteiger partial charge is 0.320 e. The highest BCUT2D eigenvalue weighted by atomic mass is 16.4. The number of nitrogens with one attached hydrogen (secondary N) is 2. The fourth-order valence-corrected chi connectivity index (χ4v) is 3.25. The van der Waals surface area contributed by atoms with Gasteiger partial charge in [0, 0.05) is 19.2 Å². The van der Waals surface area contributed by atoms with Crippen LogP contribution in [0.15, 0.2) is 83.9 Å². The summed E-state index contributed by atoms with van der Waals surface area (Å²) in [5.41, 5.74) is 10.0. The second-order valence-corrected chi connectivity index (χ2v) is 7.25. The summed E-state index contributed by atoms with van der Waals surface area (Å²) in [4.78, 5) is 27.6. The number of carbonyl (C=O) groups excluding carboxylic acids is 1. The van der Waals surface area contributed by atoms with Crippen LogP contribution in [0.2, 0.25) is 0 Å². The Morgan fingerprint density at radius 3 is 2.28 bits per heavy atom. The molecule has 1 amide bonds. The zero-order chi connectivity index (χ0) is 22.9. The number of nitrogens with two attached hydrogens (primary N) is 1. The Kier molecular flexibility index (Phi) is 7.72. The first-order valence-corrected chi connectivity index (χ1v) is 10.2. The zero-order valence-corrected chi connectivity index (χ0v) is 17.8. The highest BCUT2D eigenvalue weighted by Crippen LogP contribution is 2.23. The number of hydrogen-bond acceptors (Lipinski definition) is 4. The molecule has 0 aliphatic heterocycles. The molecule has 7 nitrogen and oxygen atoms in total. The maximum atomic E-state index is 12.6. The van der Waals surface area contributed by atoms with Crippen LogP contribution in [0.1, 0.15) is 21.5 Å². The third kappa shape index (κ3) is 6.02. The Balaban J connectivity index is 1.62. The molecule has 0 saturated carbocycles. The van der Waals surface area contributed by atoms with Crippen molar-refractivity contribution in [2.24, 2.45) is 10.7 Å². The number of aliphatic imine (C=N–C) groups is 1. The van der Waals surface area contributed by atoms with Gasteiger partial charge in [-0.3, -0.25) is 19.9 Å². The van der Waals surface area contributed by atoms with Crippen molar-refractivity contribution in [1.29, 1.82) is 0 Å². The van der Waals surface area contributed by atoms with Crippen molar-refractivity contribution in [3.8, 4) is 11.1 Å². The Bertz CT molecular complexity index is 1100. The van der Waals surface area contributed by atoms with Crippen LogP contribution in [0, 0.1) is 0 Å². The number of guanidine groups is 1. The highest BCUT2D eigenvalue weighted by Gasteiger charge is 2.13. The standard InChI is InChI=1S/C25H26N4O3/c1-27-25(28-16-20-9-5-6-10-21(20)18-7-3-2-4-8-18)29-23(30)19-13-11-17(12-14-19)15-22(26)24(31)32/h2-14,22H,15-16,26H2,1H3,(H,31,32)(H2,27,28,29,30)/t22-/m0/s1. The number of benzene rings is 3. The zero-order valence-electron chi connectivity index (χ0n) is 17.8. The summed E-state index contributed by atoms with van der Waals surface area (Å²) in [5, 5.41) is 14.9. The average molecular weight is 431 g/mol. The lowest BCUT2D eigenvalue weighted by molar-refractivity contribution is -0.138. The van der Waals surface area contributed by atoms with Gasteiger partial charge in [-0.25, -0.2) is 0 Å². The second kappa shape index (κ2) is 10.9. The van der Waals surface area contributed by atoms with Crippen molar-refractivity contribution >= 4 is 17.8 Å². The van der Waals surface area contributed by atoms with E-state index in [1.54, 1.807) is 31.3 Å². The first kappa shape index (κ1) is 22.7. The maximum absolute atomic E-state index is 12.6. The molecule has 0 radical (unpaired) electrons. The van der Waals surface area contributed by atoms with Crippen LogP contribution < -0.4 is 16.4 Å². The van der Waals surface area contributed by atoms with Gasteiger partial charge in [0.15, 0.2) is 5.96 Å². The Morgan fingerprint density at radius 1 is 0.969 bits per heavy atom. The van der Waals surface area contributed by atoms with Crippen LogP contribution in [-0.2, 0) is 17.8 Å². The van der Waals surface area contributed by atoms with Crippen molar-refractivity contribution in [1.82, 2.24) is 10.6 Å². The maximum Gasteiger partial charge on any atom is 0.320 e. The van der Waals surface area contributed by atoms with Crippen molar-refractivity contribution in [2.45, 2.75) is 19.0 Å². The summed E-state index contributed by atoms with van der Waals surface area (Å²) in [7, 11) is 1.60. The van der Waals surface area contributed by atoms with E-state index in [0.29, 0.717) is 18.1 Å². The number of hydrogen-bond donors (Lipinski definition) is 4. The molecule has 3 aromatic rings. The first-order valence-electron chi connectivity index (χ1n) is 10.2. The van der Waals surface area contributed by atoms with Gasteiger partial charge in [0.25, 0.3) is 5.91 Å². The van der Waals surface area contributed by atoms with Gasteiger partial charge < -0.3 is 16.2 Å². The van der Waals surface area contributed by atoms with Gasteiger partial charge >= 0.3 is 5.97 Å². The lowest BCUT2D eigenvalue weighted by Gasteiger charge is -2.14. The van der Waals surface area contributed by atoms with E-state index >= 15 is 0 Å². The molecule has 0 unspecified atom stereocenters. The minimum Gasteiger partial charge on any atom is -0.480 e. The van der Waals surface area contributed by atoms with Gasteiger partial charge in [-0.1, -0.05) is 66.7 Å². The third-order valence-corrected chi connectivity index (χ3v) is 4.99. The second-order valence-electron chi connectivity index (χ2n) is 7.25. The predicted octanol–water partition coefficient (Wildman–Crippen LogP) is 2.81. The van der Waals surface area contributed by atoms with Gasteiger partial charge in [0.2, 0.25) is 0 Å². The van der Waals surface area contributed by atoms with Gasteiger partial charge in [-0.15, -0.1) is 0 Å². The number of amides is 1. The Morgan fingerprint density at radius 2 is 1.62 bits per heavy atom. The molecule has 32 heavy (non-hydrogen) atoms. The monoisotopic (exact) mass is 430 g/mol. The number of carboxylic acids is 1. The molecule has 7 heteroatoms. The Labute approximate surface area is 187 Å². The molecule has 0 fully saturated rings. The highest BCUT2D eigenvalue weighted by molar-refractivity contribution is 6.05. The van der Waals surface area contributed by atoms with E-state index in [1.165, 1.54) is 0 Å². The topological polar surface area (TPSA) is 117 Å². The molecular formula is C25H26N4O3. The lowest BCUT2D eigenvalue weighted by atomic mass is 10.00. The van der Waals surface area contributed by atoms with Crippen molar-refractivity contribution in [3.63, 3.8) is 0 Å². The normalized spacial score (nSPS) is 12.1. The van der Waals surface area contributed by atoms with E-state index in [1.807, 2.05) is 36.4 Å². The molecule has 0 heterocycles. The Hall–Kier alpha value is -3.97. The fraction of sp³-hybridized carbons (Fsp3) is 0.160. The van der Waals surface area contributed by atoms with Crippen LogP contribution in [0.5, 0.6) is 0 Å². The van der Waals surface area contributed by atoms with Crippen molar-refractivity contribution in [2.75, 3.05) is 7.05 Å². The molecule has 0 saturated heterocycles. The molecule has 0 aliphatic rings. The van der Waals surface area contributed by atoms with E-state index in [0.717, 1.165) is 22.3 Å². The van der Waals surface area contributed by atoms with Gasteiger partial charge in [0.05, 0.1) is 0 Å². The fourth-order valence-electron chi connectivity index (χ4n) is 3.25. The number of nitrogens with zero attached hydrogens (tertiary/aromatic N) is 1. The van der Waals surface area contributed by atoms with E-state index in [9.17, 15) is 9.59 Å². The SMILES string of the molecule is CN=C(NCc1ccccc1-c1ccccc1)NC(=O)c1ccc(C[C@H](N)C(=O)O)cc1. The number of aliphatic carboxylic acids is 1. The average Bonchev–Trinajstić information content (AvgIpc) is 2.82. The van der Waals surface area contributed by atoms with Gasteiger partial charge in [-0.05, 0) is 40.8 Å². The summed E-state index contributed by atoms with van der Waals surface area (Å²) >= 11 is 0. The quantitative estimate of drug-likeness (QED) is 0.340. The van der Waals surface area contributed by atoms with E-state index in [4.69, 9.17) is 10.8 Å². The van der Waals surface area contributed by atoms with Crippen molar-refractivity contribution < 1.29 is 14.7 Å². The van der Waals surface area contributed by atoms with Crippen LogP contribution >= 0.6 is 0 Å². The lowest BCUT2D eigenvalue weighted by Crippen LogP contribution is -2.40.